The molecule has 2 aliphatic rings. The Morgan fingerprint density at radius 2 is 2.07 bits per heavy atom. The third-order valence-electron chi connectivity index (χ3n) is 6.62. The second kappa shape index (κ2) is 7.63. The molecule has 0 spiro atoms. The van der Waals surface area contributed by atoms with Crippen LogP contribution in [-0.2, 0) is 6.42 Å². The predicted octanol–water partition coefficient (Wildman–Crippen LogP) is 3.90. The molecule has 0 bridgehead atoms. The van der Waals surface area contributed by atoms with Crippen molar-refractivity contribution in [1.29, 1.82) is 0 Å². The van der Waals surface area contributed by atoms with Gasteiger partial charge >= 0.3 is 0 Å². The summed E-state index contributed by atoms with van der Waals surface area (Å²) in [5.41, 5.74) is 2.49. The number of likely N-dealkylation sites (tertiary alicyclic amines) is 2. The second-order valence-corrected chi connectivity index (χ2v) is 8.43. The third kappa shape index (κ3) is 3.55. The fourth-order valence-electron chi connectivity index (χ4n) is 4.95. The Labute approximate surface area is 166 Å². The van der Waals surface area contributed by atoms with Gasteiger partial charge in [-0.3, -0.25) is 14.7 Å². The van der Waals surface area contributed by atoms with Gasteiger partial charge in [0.15, 0.2) is 0 Å². The van der Waals surface area contributed by atoms with Crippen molar-refractivity contribution in [2.24, 2.45) is 0 Å². The van der Waals surface area contributed by atoms with Crippen LogP contribution in [0.4, 0.5) is 4.39 Å². The lowest BCUT2D eigenvalue weighted by atomic mass is 9.76. The number of hydrogen-bond acceptors (Lipinski definition) is 3. The minimum atomic E-state index is -0.244. The van der Waals surface area contributed by atoms with Crippen molar-refractivity contribution in [2.75, 3.05) is 20.1 Å². The van der Waals surface area contributed by atoms with Gasteiger partial charge in [-0.05, 0) is 81.9 Å². The van der Waals surface area contributed by atoms with E-state index in [2.05, 4.69) is 28.8 Å². The average Bonchev–Trinajstić information content (AvgIpc) is 2.68. The number of piperidine rings is 2. The van der Waals surface area contributed by atoms with Gasteiger partial charge in [0.25, 0.3) is 5.91 Å². The summed E-state index contributed by atoms with van der Waals surface area (Å²) < 4.78 is 13.5. The van der Waals surface area contributed by atoms with Crippen LogP contribution in [0.2, 0.25) is 0 Å². The van der Waals surface area contributed by atoms with E-state index >= 15 is 0 Å². The summed E-state index contributed by atoms with van der Waals surface area (Å²) in [6.45, 7) is 4.20. The summed E-state index contributed by atoms with van der Waals surface area (Å²) in [5, 5.41) is 0. The van der Waals surface area contributed by atoms with Gasteiger partial charge in [-0.25, -0.2) is 4.39 Å². The lowest BCUT2D eigenvalue weighted by molar-refractivity contribution is -0.0347. The van der Waals surface area contributed by atoms with Gasteiger partial charge in [0, 0.05) is 24.5 Å². The van der Waals surface area contributed by atoms with Crippen LogP contribution in [0.25, 0.3) is 0 Å². The molecule has 2 aliphatic heterocycles. The second-order valence-electron chi connectivity index (χ2n) is 8.43. The zero-order valence-corrected chi connectivity index (χ0v) is 16.7. The molecule has 0 saturated carbocycles. The molecule has 1 amide bonds. The molecule has 0 N–H and O–H groups in total. The largest absolute Gasteiger partial charge is 0.334 e. The molecule has 0 unspecified atom stereocenters. The molecule has 1 aromatic heterocycles. The molecule has 148 valence electrons. The number of amides is 1. The molecular formula is C23H28FN3O. The summed E-state index contributed by atoms with van der Waals surface area (Å²) in [6.07, 6.45) is 8.33. The van der Waals surface area contributed by atoms with Gasteiger partial charge in [0.1, 0.15) is 5.82 Å². The first-order valence-corrected chi connectivity index (χ1v) is 10.2. The van der Waals surface area contributed by atoms with Crippen LogP contribution in [0, 0.1) is 5.82 Å². The number of halogens is 1. The van der Waals surface area contributed by atoms with Gasteiger partial charge in [-0.15, -0.1) is 0 Å². The molecule has 2 fully saturated rings. The summed E-state index contributed by atoms with van der Waals surface area (Å²) >= 11 is 0. The summed E-state index contributed by atoms with van der Waals surface area (Å²) in [6, 6.07) is 8.74. The van der Waals surface area contributed by atoms with E-state index in [4.69, 9.17) is 0 Å². The van der Waals surface area contributed by atoms with Crippen LogP contribution in [0.15, 0.2) is 42.7 Å². The first kappa shape index (κ1) is 19.1. The Morgan fingerprint density at radius 1 is 1.21 bits per heavy atom. The van der Waals surface area contributed by atoms with Gasteiger partial charge < -0.3 is 4.90 Å². The number of benzene rings is 1. The molecule has 4 rings (SSSR count). The van der Waals surface area contributed by atoms with Gasteiger partial charge in [-0.2, -0.15) is 0 Å². The molecule has 3 heterocycles. The van der Waals surface area contributed by atoms with Crippen LogP contribution in [0.5, 0.6) is 0 Å². The van der Waals surface area contributed by atoms with E-state index in [1.807, 2.05) is 12.1 Å². The molecular weight excluding hydrogens is 353 g/mol. The molecule has 2 aromatic rings. The maximum Gasteiger partial charge on any atom is 0.255 e. The third-order valence-corrected chi connectivity index (χ3v) is 6.62. The summed E-state index contributed by atoms with van der Waals surface area (Å²) in [5.74, 6) is -0.175. The lowest BCUT2D eigenvalue weighted by Gasteiger charge is -2.55. The van der Waals surface area contributed by atoms with E-state index in [0.717, 1.165) is 49.9 Å². The zero-order valence-electron chi connectivity index (χ0n) is 16.7. The highest BCUT2D eigenvalue weighted by atomic mass is 19.1. The number of likely N-dealkylation sites (N-methyl/N-ethyl adjacent to an activating group) is 1. The zero-order chi connectivity index (χ0) is 19.7. The van der Waals surface area contributed by atoms with Crippen molar-refractivity contribution < 1.29 is 9.18 Å². The molecule has 2 saturated heterocycles. The van der Waals surface area contributed by atoms with E-state index in [0.29, 0.717) is 12.0 Å². The molecule has 4 nitrogen and oxygen atoms in total. The Bertz CT molecular complexity index is 870. The number of carbonyl (C=O) groups is 1. The number of rotatable bonds is 3. The maximum absolute atomic E-state index is 13.5. The normalized spacial score (nSPS) is 25.4. The van der Waals surface area contributed by atoms with E-state index < -0.39 is 0 Å². The minimum absolute atomic E-state index is 0.0543. The molecule has 2 atom stereocenters. The summed E-state index contributed by atoms with van der Waals surface area (Å²) in [4.78, 5) is 22.2. The number of pyridine rings is 1. The van der Waals surface area contributed by atoms with Crippen molar-refractivity contribution in [3.63, 3.8) is 0 Å². The topological polar surface area (TPSA) is 36.4 Å². The Morgan fingerprint density at radius 3 is 2.89 bits per heavy atom. The number of carbonyl (C=O) groups excluding carboxylic acids is 1. The molecule has 0 aliphatic carbocycles. The highest BCUT2D eigenvalue weighted by Crippen LogP contribution is 2.38. The Balaban J connectivity index is 1.56. The summed E-state index contributed by atoms with van der Waals surface area (Å²) in [7, 11) is 2.18. The quantitative estimate of drug-likeness (QED) is 0.809. The average molecular weight is 381 g/mol. The molecule has 0 radical (unpaired) electrons. The fraction of sp³-hybridized carbons (Fsp3) is 0.478. The Kier molecular flexibility index (Phi) is 5.19. The highest BCUT2D eigenvalue weighted by Gasteiger charge is 2.47. The predicted molar refractivity (Wildman–Crippen MR) is 108 cm³/mol. The van der Waals surface area contributed by atoms with Crippen molar-refractivity contribution in [2.45, 2.75) is 50.6 Å². The monoisotopic (exact) mass is 381 g/mol. The fourth-order valence-corrected chi connectivity index (χ4v) is 4.95. The maximum atomic E-state index is 13.5. The molecule has 5 heteroatoms. The number of nitrogens with zero attached hydrogens (tertiary/aromatic N) is 3. The van der Waals surface area contributed by atoms with E-state index in [1.165, 1.54) is 12.1 Å². The number of fused-ring (bicyclic) bond motifs is 1. The van der Waals surface area contributed by atoms with Gasteiger partial charge in [-0.1, -0.05) is 12.1 Å². The molecule has 1 aromatic carbocycles. The van der Waals surface area contributed by atoms with Crippen LogP contribution in [0.3, 0.4) is 0 Å². The van der Waals surface area contributed by atoms with Crippen molar-refractivity contribution in [1.82, 2.24) is 14.8 Å². The van der Waals surface area contributed by atoms with Crippen LogP contribution < -0.4 is 0 Å². The molecule has 28 heavy (non-hydrogen) atoms. The lowest BCUT2D eigenvalue weighted by Crippen LogP contribution is -2.66. The highest BCUT2D eigenvalue weighted by molar-refractivity contribution is 5.94. The van der Waals surface area contributed by atoms with E-state index in [9.17, 15) is 9.18 Å². The number of hydrogen-bond donors (Lipinski definition) is 0. The smallest absolute Gasteiger partial charge is 0.255 e. The number of aromatic nitrogens is 1. The van der Waals surface area contributed by atoms with Crippen LogP contribution in [0.1, 0.15) is 54.1 Å². The van der Waals surface area contributed by atoms with Crippen molar-refractivity contribution in [3.8, 4) is 0 Å². The van der Waals surface area contributed by atoms with Gasteiger partial charge in [0.2, 0.25) is 0 Å². The standard InChI is InChI=1S/C23H28FN3O/c1-23-9-5-11-27(21(23)8-4-10-26(23)2)22(28)19-13-18(15-25-16-19)12-17-6-3-7-20(24)14-17/h3,6-7,13-16,21H,4-5,8-12H2,1-2H3/t21-,23-/m0/s1. The van der Waals surface area contributed by atoms with Crippen molar-refractivity contribution >= 4 is 5.91 Å². The SMILES string of the molecule is CN1CCC[C@@H]2N(C(=O)c3cncc(Cc4cccc(F)c4)c3)CCC[C@@]21C. The Hall–Kier alpha value is -2.27. The van der Waals surface area contributed by atoms with E-state index in [1.54, 1.807) is 18.5 Å². The first-order chi connectivity index (χ1) is 13.5. The van der Waals surface area contributed by atoms with Crippen LogP contribution >= 0.6 is 0 Å². The minimum Gasteiger partial charge on any atom is -0.334 e. The van der Waals surface area contributed by atoms with Gasteiger partial charge in [0.05, 0.1) is 11.6 Å². The van der Waals surface area contributed by atoms with Crippen molar-refractivity contribution in [3.05, 3.63) is 65.2 Å². The van der Waals surface area contributed by atoms with Crippen LogP contribution in [-0.4, -0.2) is 52.4 Å². The van der Waals surface area contributed by atoms with E-state index in [-0.39, 0.29) is 23.3 Å². The first-order valence-electron chi connectivity index (χ1n) is 10.2.